The third kappa shape index (κ3) is 2.24. The Balaban J connectivity index is 1.89. The maximum absolute atomic E-state index is 12.9. The molecule has 3 rings (SSSR count). The van der Waals surface area contributed by atoms with Crippen LogP contribution < -0.4 is 0 Å². The van der Waals surface area contributed by atoms with Gasteiger partial charge < -0.3 is 9.47 Å². The topological polar surface area (TPSA) is 52.6 Å². The van der Waals surface area contributed by atoms with E-state index in [-0.39, 0.29) is 11.7 Å². The van der Waals surface area contributed by atoms with Crippen LogP contribution in [0.2, 0.25) is 0 Å². The highest BCUT2D eigenvalue weighted by molar-refractivity contribution is 6.13. The monoisotopic (exact) mass is 304 g/mol. The van der Waals surface area contributed by atoms with Gasteiger partial charge >= 0.3 is 5.97 Å². The molecule has 0 aromatic carbocycles. The van der Waals surface area contributed by atoms with Gasteiger partial charge in [-0.05, 0) is 50.9 Å². The van der Waals surface area contributed by atoms with Crippen LogP contribution in [0.1, 0.15) is 39.0 Å². The molecule has 22 heavy (non-hydrogen) atoms. The number of fused-ring (bicyclic) bond motifs is 3. The molecule has 4 unspecified atom stereocenters. The van der Waals surface area contributed by atoms with Crippen LogP contribution in [0.3, 0.4) is 0 Å². The highest BCUT2D eigenvalue weighted by atomic mass is 16.5. The number of methoxy groups -OCH3 is 2. The maximum Gasteiger partial charge on any atom is 0.319 e. The summed E-state index contributed by atoms with van der Waals surface area (Å²) in [6.45, 7) is 1.72. The molecule has 3 aliphatic carbocycles. The lowest BCUT2D eigenvalue weighted by Crippen LogP contribution is -2.46. The van der Waals surface area contributed by atoms with Crippen molar-refractivity contribution in [1.29, 1.82) is 0 Å². The van der Waals surface area contributed by atoms with Crippen LogP contribution in [0, 0.1) is 17.3 Å². The van der Waals surface area contributed by atoms with E-state index >= 15 is 0 Å². The second-order valence-corrected chi connectivity index (χ2v) is 6.91. The van der Waals surface area contributed by atoms with E-state index in [1.54, 1.807) is 14.0 Å². The normalized spacial score (nSPS) is 37.6. The van der Waals surface area contributed by atoms with Gasteiger partial charge in [0.25, 0.3) is 0 Å². The fourth-order valence-electron chi connectivity index (χ4n) is 4.35. The molecule has 0 aliphatic heterocycles. The summed E-state index contributed by atoms with van der Waals surface area (Å²) >= 11 is 0. The highest BCUT2D eigenvalue weighted by Gasteiger charge is 2.51. The third-order valence-electron chi connectivity index (χ3n) is 5.79. The van der Waals surface area contributed by atoms with Gasteiger partial charge in [-0.3, -0.25) is 9.59 Å². The largest absolute Gasteiger partial charge is 0.468 e. The predicted molar refractivity (Wildman–Crippen MR) is 82.2 cm³/mol. The van der Waals surface area contributed by atoms with Crippen molar-refractivity contribution < 1.29 is 19.1 Å². The summed E-state index contributed by atoms with van der Waals surface area (Å²) in [5.74, 6) is 0.259. The van der Waals surface area contributed by atoms with Crippen molar-refractivity contribution in [2.24, 2.45) is 17.3 Å². The van der Waals surface area contributed by atoms with E-state index < -0.39 is 11.4 Å². The Morgan fingerprint density at radius 1 is 1.18 bits per heavy atom. The summed E-state index contributed by atoms with van der Waals surface area (Å²) in [7, 11) is 3.12. The molecule has 0 bridgehead atoms. The number of esters is 1. The third-order valence-corrected chi connectivity index (χ3v) is 5.79. The molecule has 120 valence electrons. The number of carbonyl (C=O) groups excluding carboxylic acids is 2. The zero-order valence-corrected chi connectivity index (χ0v) is 13.6. The first-order valence-electron chi connectivity index (χ1n) is 8.08. The molecule has 0 radical (unpaired) electrons. The van der Waals surface area contributed by atoms with Crippen molar-refractivity contribution in [3.63, 3.8) is 0 Å². The molecule has 0 heterocycles. The number of rotatable bonds is 2. The molecule has 2 saturated carbocycles. The van der Waals surface area contributed by atoms with Crippen molar-refractivity contribution in [2.75, 3.05) is 14.2 Å². The van der Waals surface area contributed by atoms with Gasteiger partial charge in [-0.2, -0.15) is 0 Å². The van der Waals surface area contributed by atoms with E-state index in [0.29, 0.717) is 18.4 Å². The Kier molecular flexibility index (Phi) is 3.98. The van der Waals surface area contributed by atoms with E-state index in [2.05, 4.69) is 6.08 Å². The van der Waals surface area contributed by atoms with Gasteiger partial charge in [0.2, 0.25) is 0 Å². The Bertz CT molecular complexity index is 559. The number of allylic oxidation sites excluding steroid dienone is 3. The van der Waals surface area contributed by atoms with E-state index in [1.165, 1.54) is 12.7 Å². The van der Waals surface area contributed by atoms with E-state index in [1.807, 2.05) is 6.08 Å². The van der Waals surface area contributed by atoms with Crippen molar-refractivity contribution in [1.82, 2.24) is 0 Å². The second kappa shape index (κ2) is 5.65. The minimum absolute atomic E-state index is 0.0419. The molecular weight excluding hydrogens is 280 g/mol. The summed E-state index contributed by atoms with van der Waals surface area (Å²) < 4.78 is 10.3. The van der Waals surface area contributed by atoms with Crippen molar-refractivity contribution in [3.05, 3.63) is 23.3 Å². The van der Waals surface area contributed by atoms with E-state index in [4.69, 9.17) is 9.47 Å². The SMILES string of the molecule is COC(=O)C1(C)CCC2C(=CC=C3CC(OC)CCC32)C1=O. The molecule has 2 fully saturated rings. The van der Waals surface area contributed by atoms with E-state index in [9.17, 15) is 9.59 Å². The Morgan fingerprint density at radius 3 is 2.64 bits per heavy atom. The summed E-state index contributed by atoms with van der Waals surface area (Å²) in [4.78, 5) is 24.9. The maximum atomic E-state index is 12.9. The van der Waals surface area contributed by atoms with Gasteiger partial charge in [-0.25, -0.2) is 0 Å². The van der Waals surface area contributed by atoms with Crippen LogP contribution in [0.25, 0.3) is 0 Å². The van der Waals surface area contributed by atoms with Gasteiger partial charge in [0, 0.05) is 12.7 Å². The van der Waals surface area contributed by atoms with E-state index in [0.717, 1.165) is 31.3 Å². The minimum Gasteiger partial charge on any atom is -0.468 e. The standard InChI is InChI=1S/C18H24O4/c1-18(17(20)22-3)9-8-14-13-7-5-12(21-2)10-11(13)4-6-15(14)16(18)19/h4,6,12-14H,5,7-10H2,1-3H3. The minimum atomic E-state index is -1.01. The second-order valence-electron chi connectivity index (χ2n) is 6.91. The lowest BCUT2D eigenvalue weighted by molar-refractivity contribution is -0.157. The van der Waals surface area contributed by atoms with Gasteiger partial charge in [0.1, 0.15) is 5.41 Å². The number of hydrogen-bond donors (Lipinski definition) is 0. The van der Waals surface area contributed by atoms with Crippen LogP contribution in [-0.2, 0) is 19.1 Å². The van der Waals surface area contributed by atoms with Crippen LogP contribution in [0.4, 0.5) is 0 Å². The quantitative estimate of drug-likeness (QED) is 0.581. The fraction of sp³-hybridized carbons (Fsp3) is 0.667. The molecule has 0 saturated heterocycles. The molecule has 0 spiro atoms. The Morgan fingerprint density at radius 2 is 1.95 bits per heavy atom. The zero-order chi connectivity index (χ0) is 15.9. The van der Waals surface area contributed by atoms with Crippen molar-refractivity contribution >= 4 is 11.8 Å². The number of Topliss-reactive ketones (excluding diaryl/α,β-unsaturated/α-hetero) is 1. The summed E-state index contributed by atoms with van der Waals surface area (Å²) in [6, 6.07) is 0. The molecule has 4 atom stereocenters. The first-order chi connectivity index (χ1) is 10.5. The molecule has 0 aromatic heterocycles. The number of ether oxygens (including phenoxy) is 2. The Labute approximate surface area is 131 Å². The zero-order valence-electron chi connectivity index (χ0n) is 13.6. The summed E-state index contributed by atoms with van der Waals surface area (Å²) in [5, 5.41) is 0. The smallest absolute Gasteiger partial charge is 0.319 e. The van der Waals surface area contributed by atoms with Crippen LogP contribution in [0.5, 0.6) is 0 Å². The van der Waals surface area contributed by atoms with Crippen molar-refractivity contribution in [2.45, 2.75) is 45.1 Å². The molecule has 0 aromatic rings. The molecule has 0 N–H and O–H groups in total. The molecule has 0 amide bonds. The number of hydrogen-bond acceptors (Lipinski definition) is 4. The number of ketones is 1. The van der Waals surface area contributed by atoms with Crippen LogP contribution in [0.15, 0.2) is 23.3 Å². The lowest BCUT2D eigenvalue weighted by atomic mass is 9.60. The van der Waals surface area contributed by atoms with Gasteiger partial charge in [-0.15, -0.1) is 0 Å². The van der Waals surface area contributed by atoms with Crippen LogP contribution in [-0.4, -0.2) is 32.1 Å². The summed E-state index contributed by atoms with van der Waals surface area (Å²) in [6.07, 6.45) is 8.86. The fourth-order valence-corrected chi connectivity index (χ4v) is 4.35. The van der Waals surface area contributed by atoms with Crippen molar-refractivity contribution in [3.8, 4) is 0 Å². The molecule has 4 heteroatoms. The van der Waals surface area contributed by atoms with Crippen LogP contribution >= 0.6 is 0 Å². The van der Waals surface area contributed by atoms with Gasteiger partial charge in [0.05, 0.1) is 13.2 Å². The Hall–Kier alpha value is -1.42. The average molecular weight is 304 g/mol. The first-order valence-corrected chi connectivity index (χ1v) is 8.08. The average Bonchev–Trinajstić information content (AvgIpc) is 2.56. The molecule has 4 nitrogen and oxygen atoms in total. The molecular formula is C18H24O4. The lowest BCUT2D eigenvalue weighted by Gasteiger charge is -2.44. The van der Waals surface area contributed by atoms with Gasteiger partial charge in [-0.1, -0.05) is 17.7 Å². The first kappa shape index (κ1) is 15.5. The highest BCUT2D eigenvalue weighted by Crippen LogP contribution is 2.49. The molecule has 3 aliphatic rings. The summed E-state index contributed by atoms with van der Waals surface area (Å²) in [5.41, 5.74) is 1.22. The van der Waals surface area contributed by atoms with Gasteiger partial charge in [0.15, 0.2) is 5.78 Å². The number of carbonyl (C=O) groups is 2. The predicted octanol–water partition coefficient (Wildman–Crippen LogP) is 2.83.